The van der Waals surface area contributed by atoms with E-state index in [0.717, 1.165) is 38.2 Å². The van der Waals surface area contributed by atoms with Crippen LogP contribution in [0.1, 0.15) is 18.9 Å². The second-order valence-electron chi connectivity index (χ2n) is 8.42. The number of nitrogens with zero attached hydrogens (tertiary/aromatic N) is 2. The largest absolute Gasteiger partial charge is 0.347 e. The lowest BCUT2D eigenvalue weighted by atomic mass is 9.80. The first-order chi connectivity index (χ1) is 14.6. The molecule has 0 saturated carbocycles. The molecular weight excluding hydrogens is 376 g/mol. The molecule has 0 N–H and O–H groups in total. The maximum Gasteiger partial charge on any atom is 0.230 e. The molecule has 0 bridgehead atoms. The van der Waals surface area contributed by atoms with Crippen LogP contribution in [0.5, 0.6) is 0 Å². The zero-order valence-electron chi connectivity index (χ0n) is 18.0. The van der Waals surface area contributed by atoms with E-state index in [1.165, 1.54) is 5.56 Å². The summed E-state index contributed by atoms with van der Waals surface area (Å²) >= 11 is 0. The lowest BCUT2D eigenvalue weighted by Crippen LogP contribution is -2.57. The van der Waals surface area contributed by atoms with Crippen molar-refractivity contribution in [1.82, 2.24) is 4.90 Å². The number of hydrogen-bond donors (Lipinski definition) is 0. The minimum Gasteiger partial charge on any atom is -0.347 e. The number of piperidine rings is 1. The Hall–Kier alpha value is -2.21. The van der Waals surface area contributed by atoms with E-state index >= 15 is 0 Å². The Morgan fingerprint density at radius 3 is 2.40 bits per heavy atom. The number of rotatable bonds is 6. The summed E-state index contributed by atoms with van der Waals surface area (Å²) in [6.45, 7) is 5.96. The van der Waals surface area contributed by atoms with Crippen molar-refractivity contribution in [2.24, 2.45) is 11.8 Å². The van der Waals surface area contributed by atoms with Crippen molar-refractivity contribution < 1.29 is 14.3 Å². The first-order valence-electron chi connectivity index (χ1n) is 11.0. The molecule has 2 unspecified atom stereocenters. The predicted molar refractivity (Wildman–Crippen MR) is 118 cm³/mol. The van der Waals surface area contributed by atoms with E-state index in [1.807, 2.05) is 44.3 Å². The third-order valence-corrected chi connectivity index (χ3v) is 6.60. The molecule has 4 rings (SSSR count). The zero-order valence-corrected chi connectivity index (χ0v) is 18.0. The Labute approximate surface area is 179 Å². The average molecular weight is 409 g/mol. The molecule has 2 atom stereocenters. The molecule has 160 valence electrons. The molecule has 0 aromatic heterocycles. The fraction of sp³-hybridized carbons (Fsp3) is 0.480. The normalized spacial score (nSPS) is 22.1. The Morgan fingerprint density at radius 2 is 1.73 bits per heavy atom. The van der Waals surface area contributed by atoms with Crippen LogP contribution in [0.4, 0.5) is 5.69 Å². The van der Waals surface area contributed by atoms with Gasteiger partial charge in [-0.3, -0.25) is 4.79 Å². The second-order valence-corrected chi connectivity index (χ2v) is 8.42. The Morgan fingerprint density at radius 1 is 1.10 bits per heavy atom. The van der Waals surface area contributed by atoms with Gasteiger partial charge in [0, 0.05) is 50.6 Å². The fourth-order valence-corrected chi connectivity index (χ4v) is 4.77. The van der Waals surface area contributed by atoms with Crippen LogP contribution < -0.4 is 4.90 Å². The van der Waals surface area contributed by atoms with Crippen molar-refractivity contribution in [3.63, 3.8) is 0 Å². The summed E-state index contributed by atoms with van der Waals surface area (Å²) < 4.78 is 12.3. The number of para-hydroxylation sites is 1. The first kappa shape index (κ1) is 21.0. The highest BCUT2D eigenvalue weighted by Crippen LogP contribution is 2.41. The van der Waals surface area contributed by atoms with Crippen molar-refractivity contribution >= 4 is 11.6 Å². The Balaban J connectivity index is 1.47. The molecule has 2 fully saturated rings. The number of carbonyl (C=O) groups excluding carboxylic acids is 1. The summed E-state index contributed by atoms with van der Waals surface area (Å²) in [6.07, 6.45) is 1.81. The van der Waals surface area contributed by atoms with E-state index in [0.29, 0.717) is 13.2 Å². The monoisotopic (exact) mass is 408 g/mol. The van der Waals surface area contributed by atoms with Gasteiger partial charge < -0.3 is 19.3 Å². The topological polar surface area (TPSA) is 42.0 Å². The van der Waals surface area contributed by atoms with Gasteiger partial charge in [-0.05, 0) is 24.1 Å². The smallest absolute Gasteiger partial charge is 0.230 e. The molecule has 1 amide bonds. The molecule has 2 heterocycles. The van der Waals surface area contributed by atoms with Crippen LogP contribution in [0, 0.1) is 11.8 Å². The maximum atomic E-state index is 13.4. The summed E-state index contributed by atoms with van der Waals surface area (Å²) in [7, 11) is 1.85. The van der Waals surface area contributed by atoms with Crippen molar-refractivity contribution in [2.75, 3.05) is 44.8 Å². The number of carbonyl (C=O) groups is 1. The summed E-state index contributed by atoms with van der Waals surface area (Å²) in [6, 6.07) is 20.4. The molecule has 5 nitrogen and oxygen atoms in total. The second kappa shape index (κ2) is 9.29. The number of ether oxygens (including phenoxy) is 2. The van der Waals surface area contributed by atoms with Gasteiger partial charge in [-0.25, -0.2) is 0 Å². The van der Waals surface area contributed by atoms with Gasteiger partial charge in [0.25, 0.3) is 0 Å². The van der Waals surface area contributed by atoms with Crippen molar-refractivity contribution in [2.45, 2.75) is 25.6 Å². The quantitative estimate of drug-likeness (QED) is 0.733. The highest BCUT2D eigenvalue weighted by Gasteiger charge is 2.51. The van der Waals surface area contributed by atoms with Gasteiger partial charge >= 0.3 is 0 Å². The molecule has 30 heavy (non-hydrogen) atoms. The fourth-order valence-electron chi connectivity index (χ4n) is 4.77. The minimum atomic E-state index is -0.629. The lowest BCUT2D eigenvalue weighted by molar-refractivity contribution is -0.230. The van der Waals surface area contributed by atoms with Crippen molar-refractivity contribution in [3.05, 3.63) is 66.2 Å². The van der Waals surface area contributed by atoms with Crippen molar-refractivity contribution in [3.8, 4) is 0 Å². The number of anilines is 1. The van der Waals surface area contributed by atoms with Gasteiger partial charge in [0.15, 0.2) is 5.79 Å². The van der Waals surface area contributed by atoms with Crippen LogP contribution in [0.25, 0.3) is 0 Å². The van der Waals surface area contributed by atoms with E-state index in [2.05, 4.69) is 35.2 Å². The zero-order chi connectivity index (χ0) is 21.0. The summed E-state index contributed by atoms with van der Waals surface area (Å²) in [4.78, 5) is 17.6. The van der Waals surface area contributed by atoms with Gasteiger partial charge in [0.05, 0.1) is 13.2 Å². The van der Waals surface area contributed by atoms with E-state index in [9.17, 15) is 4.79 Å². The SMILES string of the molecule is CC(C(=O)N(C)c1ccccc1)C1CN(CCc2ccccc2)CCC12OCCO2. The van der Waals surface area contributed by atoms with Crippen LogP contribution >= 0.6 is 0 Å². The van der Waals surface area contributed by atoms with Gasteiger partial charge in [-0.15, -0.1) is 0 Å². The Bertz CT molecular complexity index is 821. The van der Waals surface area contributed by atoms with Gasteiger partial charge in [0.2, 0.25) is 5.91 Å². The third kappa shape index (κ3) is 4.43. The molecule has 2 aromatic carbocycles. The van der Waals surface area contributed by atoms with Crippen LogP contribution in [-0.2, 0) is 20.7 Å². The molecular formula is C25H32N2O3. The molecule has 2 aliphatic heterocycles. The van der Waals surface area contributed by atoms with Crippen molar-refractivity contribution in [1.29, 1.82) is 0 Å². The standard InChI is InChI=1S/C25H32N2O3/c1-20(24(28)26(2)22-11-7-4-8-12-22)23-19-27(15-13-21-9-5-3-6-10-21)16-14-25(23)29-17-18-30-25/h3-12,20,23H,13-19H2,1-2H3. The number of hydrogen-bond acceptors (Lipinski definition) is 4. The number of likely N-dealkylation sites (tertiary alicyclic amines) is 1. The molecule has 0 aliphatic carbocycles. The van der Waals surface area contributed by atoms with E-state index < -0.39 is 5.79 Å². The van der Waals surface area contributed by atoms with Crippen LogP contribution in [0.15, 0.2) is 60.7 Å². The molecule has 0 radical (unpaired) electrons. The molecule has 5 heteroatoms. The third-order valence-electron chi connectivity index (χ3n) is 6.60. The van der Waals surface area contributed by atoms with Gasteiger partial charge in [0.1, 0.15) is 0 Å². The van der Waals surface area contributed by atoms with E-state index in [1.54, 1.807) is 4.90 Å². The first-order valence-corrected chi connectivity index (χ1v) is 11.0. The van der Waals surface area contributed by atoms with Crippen LogP contribution in [0.3, 0.4) is 0 Å². The van der Waals surface area contributed by atoms with Gasteiger partial charge in [-0.1, -0.05) is 55.5 Å². The summed E-state index contributed by atoms with van der Waals surface area (Å²) in [5.41, 5.74) is 2.25. The van der Waals surface area contributed by atoms with Crippen LogP contribution in [0.2, 0.25) is 0 Å². The number of amides is 1. The summed E-state index contributed by atoms with van der Waals surface area (Å²) in [5.74, 6) is -0.721. The Kier molecular flexibility index (Phi) is 6.52. The minimum absolute atomic E-state index is 0.00295. The van der Waals surface area contributed by atoms with Crippen LogP contribution in [-0.4, -0.2) is 56.5 Å². The number of benzene rings is 2. The molecule has 2 aromatic rings. The molecule has 1 spiro atoms. The highest BCUT2D eigenvalue weighted by molar-refractivity contribution is 5.94. The van der Waals surface area contributed by atoms with E-state index in [-0.39, 0.29) is 17.7 Å². The molecule has 2 aliphatic rings. The molecule has 2 saturated heterocycles. The predicted octanol–water partition coefficient (Wildman–Crippen LogP) is 3.59. The average Bonchev–Trinajstić information content (AvgIpc) is 3.27. The maximum absolute atomic E-state index is 13.4. The highest BCUT2D eigenvalue weighted by atomic mass is 16.7. The summed E-state index contributed by atoms with van der Waals surface area (Å²) in [5, 5.41) is 0. The van der Waals surface area contributed by atoms with E-state index in [4.69, 9.17) is 9.47 Å². The lowest BCUT2D eigenvalue weighted by Gasteiger charge is -2.46. The van der Waals surface area contributed by atoms with Gasteiger partial charge in [-0.2, -0.15) is 0 Å².